The first kappa shape index (κ1) is 6.75. The fourth-order valence-electron chi connectivity index (χ4n) is 0. The lowest BCUT2D eigenvalue weighted by Crippen LogP contribution is -2.25. The molecule has 0 aromatic carbocycles. The molecule has 44 valence electrons. The maximum Gasteiger partial charge on any atom is 0.216 e. The van der Waals surface area contributed by atoms with Gasteiger partial charge in [0.15, 0.2) is 0 Å². The molecule has 0 fully saturated rings. The Hall–Kier alpha value is -0.250. The summed E-state index contributed by atoms with van der Waals surface area (Å²) >= 11 is 0. The Morgan fingerprint density at radius 2 is 1.43 bits per heavy atom. The summed E-state index contributed by atoms with van der Waals surface area (Å²) in [4.78, 5) is 0. The third kappa shape index (κ3) is 2.45. The number of alkyl halides is 1. The van der Waals surface area contributed by atoms with E-state index < -0.39 is 11.1 Å². The minimum Gasteiger partial charge on any atom is -0.221 e. The van der Waals surface area contributed by atoms with Gasteiger partial charge >= 0.3 is 0 Å². The van der Waals surface area contributed by atoms with E-state index in [9.17, 15) is 13.4 Å². The average molecular weight is 113 g/mol. The third-order valence-electron chi connectivity index (χ3n) is 0.402. The zero-order valence-electron chi connectivity index (χ0n) is 4.08. The summed E-state index contributed by atoms with van der Waals surface area (Å²) in [7, 11) is 0. The van der Waals surface area contributed by atoms with Crippen LogP contribution in [0, 0.1) is 0 Å². The summed E-state index contributed by atoms with van der Waals surface area (Å²) in [6.07, 6.45) is 0. The van der Waals surface area contributed by atoms with Crippen LogP contribution in [0.25, 0.3) is 0 Å². The van der Waals surface area contributed by atoms with Gasteiger partial charge in [-0.15, -0.1) is 0 Å². The van der Waals surface area contributed by atoms with E-state index in [1.54, 1.807) is 0 Å². The summed E-state index contributed by atoms with van der Waals surface area (Å²) in [5.74, 6) is -2.50. The maximum absolute atomic E-state index is 11.7. The van der Waals surface area contributed by atoms with Crippen LogP contribution in [-0.4, -0.2) is 11.1 Å². The van der Waals surface area contributed by atoms with Gasteiger partial charge in [-0.25, -0.2) is 4.39 Å². The van der Waals surface area contributed by atoms with Gasteiger partial charge in [0.05, 0.1) is 5.34 Å². The van der Waals surface area contributed by atoms with Crippen LogP contribution in [-0.2, 0) is 0 Å². The quantitative estimate of drug-likeness (QED) is 0.370. The number of halogens is 3. The molecule has 0 unspecified atom stereocenters. The van der Waals surface area contributed by atoms with Crippen LogP contribution in [0.4, 0.5) is 13.4 Å². The van der Waals surface area contributed by atoms with Crippen LogP contribution in [0.2, 0.25) is 0 Å². The van der Waals surface area contributed by atoms with Gasteiger partial charge in [0.1, 0.15) is 0 Å². The zero-order valence-corrected chi connectivity index (χ0v) is 4.08. The molecule has 0 saturated carbocycles. The van der Waals surface area contributed by atoms with E-state index in [0.717, 1.165) is 13.8 Å². The summed E-state index contributed by atoms with van der Waals surface area (Å²) in [5.41, 5.74) is 0. The molecule has 0 saturated heterocycles. The van der Waals surface area contributed by atoms with E-state index in [0.29, 0.717) is 0 Å². The van der Waals surface area contributed by atoms with Crippen LogP contribution < -0.4 is 0 Å². The molecule has 0 aromatic rings. The number of rotatable bonds is 1. The van der Waals surface area contributed by atoms with Gasteiger partial charge in [0.25, 0.3) is 0 Å². The minimum atomic E-state index is -2.50. The lowest BCUT2D eigenvalue weighted by atomic mass is 10.4. The topological polar surface area (TPSA) is 3.24 Å². The Labute approximate surface area is 39.6 Å². The summed E-state index contributed by atoms with van der Waals surface area (Å²) < 4.78 is 33.7. The van der Waals surface area contributed by atoms with Crippen molar-refractivity contribution in [3.05, 3.63) is 0 Å². The smallest absolute Gasteiger partial charge is 0.216 e. The molecule has 0 atom stereocenters. The Morgan fingerprint density at radius 3 is 1.43 bits per heavy atom. The average Bonchev–Trinajstić information content (AvgIpc) is 1.31. The molecule has 0 heterocycles. The fourth-order valence-corrected chi connectivity index (χ4v) is 0. The Kier molecular flexibility index (Phi) is 1.63. The molecule has 0 aliphatic heterocycles. The highest BCUT2D eigenvalue weighted by Gasteiger charge is 2.25. The highest BCUT2D eigenvalue weighted by molar-refractivity contribution is 4.51. The first-order valence-corrected chi connectivity index (χ1v) is 1.75. The molecule has 0 aliphatic rings. The lowest BCUT2D eigenvalue weighted by molar-refractivity contribution is -0.264. The van der Waals surface area contributed by atoms with Crippen LogP contribution in [0.3, 0.4) is 0 Å². The second-order valence-corrected chi connectivity index (χ2v) is 1.64. The van der Waals surface area contributed by atoms with E-state index in [1.807, 2.05) is 0 Å². The van der Waals surface area contributed by atoms with Crippen molar-refractivity contribution in [3.8, 4) is 0 Å². The monoisotopic (exact) mass is 113 g/mol. The van der Waals surface area contributed by atoms with Gasteiger partial charge in [-0.2, -0.15) is 0 Å². The largest absolute Gasteiger partial charge is 0.221 e. The van der Waals surface area contributed by atoms with E-state index in [1.165, 1.54) is 0 Å². The second kappa shape index (κ2) is 1.69. The van der Waals surface area contributed by atoms with Crippen LogP contribution >= 0.6 is 0 Å². The molecule has 4 heteroatoms. The summed E-state index contributed by atoms with van der Waals surface area (Å²) in [6.45, 7) is 1.54. The molecule has 0 amide bonds. The molecule has 7 heavy (non-hydrogen) atoms. The van der Waals surface area contributed by atoms with Gasteiger partial charge < -0.3 is 0 Å². The SMILES string of the molecule is CC(C)(F)N(F)F. The van der Waals surface area contributed by atoms with Crippen LogP contribution in [0.1, 0.15) is 13.8 Å². The predicted octanol–water partition coefficient (Wildman–Crippen LogP) is 1.76. The van der Waals surface area contributed by atoms with Crippen molar-refractivity contribution in [3.63, 3.8) is 0 Å². The molecule has 1 nitrogen and oxygen atoms in total. The molecular formula is C3H6F3N. The van der Waals surface area contributed by atoms with Crippen molar-refractivity contribution < 1.29 is 13.4 Å². The highest BCUT2D eigenvalue weighted by atomic mass is 19.4. The van der Waals surface area contributed by atoms with Gasteiger partial charge in [-0.05, 0) is 13.8 Å². The van der Waals surface area contributed by atoms with Crippen molar-refractivity contribution in [2.75, 3.05) is 0 Å². The van der Waals surface area contributed by atoms with Crippen molar-refractivity contribution in [1.29, 1.82) is 0 Å². The summed E-state index contributed by atoms with van der Waals surface area (Å²) in [5, 5.41) is -1.48. The standard InChI is InChI=1S/C3H6F3N/c1-3(2,4)7(5)6/h1-2H3. The summed E-state index contributed by atoms with van der Waals surface area (Å²) in [6, 6.07) is 0. The van der Waals surface area contributed by atoms with Gasteiger partial charge in [-0.1, -0.05) is 8.96 Å². The first-order chi connectivity index (χ1) is 2.94. The molecular weight excluding hydrogens is 107 g/mol. The van der Waals surface area contributed by atoms with E-state index in [2.05, 4.69) is 0 Å². The highest BCUT2D eigenvalue weighted by Crippen LogP contribution is 2.15. The lowest BCUT2D eigenvalue weighted by Gasteiger charge is -2.11. The van der Waals surface area contributed by atoms with Crippen molar-refractivity contribution in [2.24, 2.45) is 0 Å². The first-order valence-electron chi connectivity index (χ1n) is 1.75. The van der Waals surface area contributed by atoms with E-state index in [4.69, 9.17) is 0 Å². The molecule has 0 N–H and O–H groups in total. The molecule has 0 aromatic heterocycles. The zero-order chi connectivity index (χ0) is 6.08. The van der Waals surface area contributed by atoms with Crippen LogP contribution in [0.5, 0.6) is 0 Å². The second-order valence-electron chi connectivity index (χ2n) is 1.64. The van der Waals surface area contributed by atoms with Crippen molar-refractivity contribution in [1.82, 2.24) is 5.34 Å². The van der Waals surface area contributed by atoms with E-state index in [-0.39, 0.29) is 0 Å². The Balaban J connectivity index is 3.54. The van der Waals surface area contributed by atoms with Gasteiger partial charge in [0, 0.05) is 0 Å². The van der Waals surface area contributed by atoms with E-state index >= 15 is 0 Å². The molecule has 0 bridgehead atoms. The Morgan fingerprint density at radius 1 is 1.29 bits per heavy atom. The molecule has 0 rings (SSSR count). The normalized spacial score (nSPS) is 12.9. The van der Waals surface area contributed by atoms with Gasteiger partial charge in [0.2, 0.25) is 5.79 Å². The van der Waals surface area contributed by atoms with Gasteiger partial charge in [-0.3, -0.25) is 0 Å². The third-order valence-corrected chi connectivity index (χ3v) is 0.402. The molecule has 0 aliphatic carbocycles. The van der Waals surface area contributed by atoms with Crippen molar-refractivity contribution in [2.45, 2.75) is 19.6 Å². The number of nitrogens with zero attached hydrogens (tertiary/aromatic N) is 1. The van der Waals surface area contributed by atoms with Crippen LogP contribution in [0.15, 0.2) is 0 Å². The number of hydrogen-bond donors (Lipinski definition) is 0. The fraction of sp³-hybridized carbons (Fsp3) is 1.00. The predicted molar refractivity (Wildman–Crippen MR) is 19.2 cm³/mol. The number of hydrogen-bond acceptors (Lipinski definition) is 1. The minimum absolute atomic E-state index is 0.771. The maximum atomic E-state index is 11.7. The molecule has 0 radical (unpaired) electrons. The molecule has 0 spiro atoms. The van der Waals surface area contributed by atoms with Crippen molar-refractivity contribution >= 4 is 0 Å². The Bertz CT molecular complexity index is 55.7.